The summed E-state index contributed by atoms with van der Waals surface area (Å²) in [6.07, 6.45) is 1.52. The first-order valence-electron chi connectivity index (χ1n) is 6.59. The number of nitrogens with zero attached hydrogens (tertiary/aromatic N) is 1. The lowest BCUT2D eigenvalue weighted by atomic mass is 10.1. The number of fused-ring (bicyclic) bond motifs is 1. The molecule has 2 aromatic rings. The molecule has 1 heterocycles. The second-order valence-corrected chi connectivity index (χ2v) is 4.39. The van der Waals surface area contributed by atoms with Gasteiger partial charge < -0.3 is 15.2 Å². The normalized spacial score (nSPS) is 10.6. The molecule has 106 valence electrons. The highest BCUT2D eigenvalue weighted by molar-refractivity contribution is 6.05. The van der Waals surface area contributed by atoms with Gasteiger partial charge in [0, 0.05) is 18.1 Å². The Balaban J connectivity index is 2.59. The summed E-state index contributed by atoms with van der Waals surface area (Å²) in [5, 5.41) is 12.9. The summed E-state index contributed by atoms with van der Waals surface area (Å²) in [6.45, 7) is 4.38. The fourth-order valence-corrected chi connectivity index (χ4v) is 2.11. The second kappa shape index (κ2) is 6.34. The molecule has 2 N–H and O–H groups in total. The number of aliphatic hydroxyl groups excluding tert-OH is 1. The number of hydrogen-bond acceptors (Lipinski definition) is 5. The first kappa shape index (κ1) is 14.3. The van der Waals surface area contributed by atoms with E-state index in [1.54, 1.807) is 6.92 Å². The number of para-hydroxylation sites is 1. The molecule has 0 aliphatic rings. The quantitative estimate of drug-likeness (QED) is 0.817. The van der Waals surface area contributed by atoms with Crippen LogP contribution in [-0.2, 0) is 4.74 Å². The van der Waals surface area contributed by atoms with Crippen molar-refractivity contribution in [1.82, 2.24) is 4.98 Å². The maximum Gasteiger partial charge on any atom is 0.341 e. The molecule has 0 fully saturated rings. The minimum Gasteiger partial charge on any atom is -0.462 e. The van der Waals surface area contributed by atoms with Gasteiger partial charge in [-0.05, 0) is 19.4 Å². The fraction of sp³-hybridized carbons (Fsp3) is 0.333. The van der Waals surface area contributed by atoms with Crippen LogP contribution in [0.3, 0.4) is 0 Å². The Morgan fingerprint density at radius 2 is 2.25 bits per heavy atom. The van der Waals surface area contributed by atoms with E-state index in [1.807, 2.05) is 25.1 Å². The number of nitrogens with one attached hydrogen (secondary N) is 1. The Morgan fingerprint density at radius 3 is 2.95 bits per heavy atom. The van der Waals surface area contributed by atoms with Crippen molar-refractivity contribution < 1.29 is 14.6 Å². The zero-order valence-electron chi connectivity index (χ0n) is 11.6. The maximum absolute atomic E-state index is 12.0. The molecule has 2 rings (SSSR count). The van der Waals surface area contributed by atoms with Crippen LogP contribution in [0.5, 0.6) is 0 Å². The highest BCUT2D eigenvalue weighted by atomic mass is 16.5. The summed E-state index contributed by atoms with van der Waals surface area (Å²) in [5.41, 5.74) is 2.91. The van der Waals surface area contributed by atoms with E-state index < -0.39 is 5.97 Å². The number of aliphatic hydroxyl groups is 1. The summed E-state index contributed by atoms with van der Waals surface area (Å²) in [5.74, 6) is -0.413. The Labute approximate surface area is 117 Å². The lowest BCUT2D eigenvalue weighted by Crippen LogP contribution is -2.13. The first-order chi connectivity index (χ1) is 9.69. The third-order valence-electron chi connectivity index (χ3n) is 3.01. The molecule has 5 nitrogen and oxygen atoms in total. The van der Waals surface area contributed by atoms with E-state index in [9.17, 15) is 4.79 Å². The van der Waals surface area contributed by atoms with E-state index in [0.717, 1.165) is 16.5 Å². The van der Waals surface area contributed by atoms with Crippen molar-refractivity contribution in [2.24, 2.45) is 0 Å². The number of rotatable bonds is 5. The van der Waals surface area contributed by atoms with Crippen LogP contribution >= 0.6 is 0 Å². The van der Waals surface area contributed by atoms with Crippen LogP contribution in [0, 0.1) is 6.92 Å². The van der Waals surface area contributed by atoms with E-state index in [0.29, 0.717) is 24.4 Å². The number of carbonyl (C=O) groups is 1. The standard InChI is InChI=1S/C15H18N2O3/c1-3-20-15(19)12-9-17-13-10(2)5-4-6-11(13)14(12)16-7-8-18/h4-6,9,18H,3,7-8H2,1-2H3,(H,16,17). The number of aromatic nitrogens is 1. The molecule has 0 radical (unpaired) electrons. The lowest BCUT2D eigenvalue weighted by molar-refractivity contribution is 0.0527. The van der Waals surface area contributed by atoms with Crippen LogP contribution in [0.15, 0.2) is 24.4 Å². The third kappa shape index (κ3) is 2.72. The van der Waals surface area contributed by atoms with Crippen molar-refractivity contribution in [3.05, 3.63) is 35.5 Å². The molecule has 0 spiro atoms. The number of aryl methyl sites for hydroxylation is 1. The molecule has 0 saturated carbocycles. The molecule has 0 saturated heterocycles. The Kier molecular flexibility index (Phi) is 4.53. The molecule has 20 heavy (non-hydrogen) atoms. The predicted molar refractivity (Wildman–Crippen MR) is 78.0 cm³/mol. The minimum absolute atomic E-state index is 0.0160. The molecule has 5 heteroatoms. The van der Waals surface area contributed by atoms with Crippen molar-refractivity contribution >= 4 is 22.6 Å². The number of carbonyl (C=O) groups excluding carboxylic acids is 1. The van der Waals surface area contributed by atoms with E-state index in [-0.39, 0.29) is 6.61 Å². The zero-order chi connectivity index (χ0) is 14.5. The van der Waals surface area contributed by atoms with Crippen LogP contribution < -0.4 is 5.32 Å². The van der Waals surface area contributed by atoms with Gasteiger partial charge in [0.15, 0.2) is 0 Å². The molecular formula is C15H18N2O3. The van der Waals surface area contributed by atoms with Gasteiger partial charge in [-0.15, -0.1) is 0 Å². The average Bonchev–Trinajstić information content (AvgIpc) is 2.45. The lowest BCUT2D eigenvalue weighted by Gasteiger charge is -2.14. The number of hydrogen-bond donors (Lipinski definition) is 2. The van der Waals surface area contributed by atoms with Gasteiger partial charge in [-0.3, -0.25) is 4.98 Å². The maximum atomic E-state index is 12.0. The van der Waals surface area contributed by atoms with Crippen molar-refractivity contribution in [2.45, 2.75) is 13.8 Å². The van der Waals surface area contributed by atoms with E-state index in [4.69, 9.17) is 9.84 Å². The predicted octanol–water partition coefficient (Wildman–Crippen LogP) is 2.12. The molecule has 0 aliphatic heterocycles. The highest BCUT2D eigenvalue weighted by Gasteiger charge is 2.16. The SMILES string of the molecule is CCOC(=O)c1cnc2c(C)cccc2c1NCCO. The van der Waals surface area contributed by atoms with Gasteiger partial charge in [0.25, 0.3) is 0 Å². The molecule has 1 aromatic heterocycles. The Morgan fingerprint density at radius 1 is 1.45 bits per heavy atom. The molecule has 0 atom stereocenters. The summed E-state index contributed by atoms with van der Waals surface area (Å²) in [7, 11) is 0. The Bertz CT molecular complexity index is 626. The monoisotopic (exact) mass is 274 g/mol. The van der Waals surface area contributed by atoms with Crippen LogP contribution in [-0.4, -0.2) is 35.8 Å². The van der Waals surface area contributed by atoms with Crippen molar-refractivity contribution in [3.8, 4) is 0 Å². The molecule has 0 unspecified atom stereocenters. The molecule has 1 aromatic carbocycles. The van der Waals surface area contributed by atoms with Crippen molar-refractivity contribution in [1.29, 1.82) is 0 Å². The van der Waals surface area contributed by atoms with Crippen LogP contribution in [0.4, 0.5) is 5.69 Å². The van der Waals surface area contributed by atoms with Crippen LogP contribution in [0.25, 0.3) is 10.9 Å². The molecule has 0 aliphatic carbocycles. The number of pyridine rings is 1. The third-order valence-corrected chi connectivity index (χ3v) is 3.01. The number of ether oxygens (including phenoxy) is 1. The largest absolute Gasteiger partial charge is 0.462 e. The summed E-state index contributed by atoms with van der Waals surface area (Å²) >= 11 is 0. The number of benzene rings is 1. The van der Waals surface area contributed by atoms with E-state index in [2.05, 4.69) is 10.3 Å². The van der Waals surface area contributed by atoms with E-state index in [1.165, 1.54) is 6.20 Å². The highest BCUT2D eigenvalue weighted by Crippen LogP contribution is 2.28. The molecular weight excluding hydrogens is 256 g/mol. The van der Waals surface area contributed by atoms with Gasteiger partial charge in [0.1, 0.15) is 5.56 Å². The van der Waals surface area contributed by atoms with Gasteiger partial charge >= 0.3 is 5.97 Å². The second-order valence-electron chi connectivity index (χ2n) is 4.39. The topological polar surface area (TPSA) is 71.5 Å². The van der Waals surface area contributed by atoms with Crippen molar-refractivity contribution in [2.75, 3.05) is 25.1 Å². The zero-order valence-corrected chi connectivity index (χ0v) is 11.6. The van der Waals surface area contributed by atoms with Gasteiger partial charge in [-0.25, -0.2) is 4.79 Å². The fourth-order valence-electron chi connectivity index (χ4n) is 2.11. The first-order valence-corrected chi connectivity index (χ1v) is 6.59. The summed E-state index contributed by atoms with van der Waals surface area (Å²) in [4.78, 5) is 16.3. The summed E-state index contributed by atoms with van der Waals surface area (Å²) in [6, 6.07) is 5.78. The Hall–Kier alpha value is -2.14. The summed E-state index contributed by atoms with van der Waals surface area (Å²) < 4.78 is 5.05. The van der Waals surface area contributed by atoms with Crippen molar-refractivity contribution in [3.63, 3.8) is 0 Å². The molecule has 0 bridgehead atoms. The van der Waals surface area contributed by atoms with Gasteiger partial charge in [-0.2, -0.15) is 0 Å². The average molecular weight is 274 g/mol. The van der Waals surface area contributed by atoms with Gasteiger partial charge in [0.2, 0.25) is 0 Å². The van der Waals surface area contributed by atoms with E-state index >= 15 is 0 Å². The number of anilines is 1. The minimum atomic E-state index is -0.413. The van der Waals surface area contributed by atoms with Crippen LogP contribution in [0.2, 0.25) is 0 Å². The number of esters is 1. The van der Waals surface area contributed by atoms with Gasteiger partial charge in [-0.1, -0.05) is 18.2 Å². The van der Waals surface area contributed by atoms with Gasteiger partial charge in [0.05, 0.1) is 24.4 Å². The van der Waals surface area contributed by atoms with Crippen LogP contribution in [0.1, 0.15) is 22.8 Å². The smallest absolute Gasteiger partial charge is 0.341 e. The molecule has 0 amide bonds.